The highest BCUT2D eigenvalue weighted by molar-refractivity contribution is 6.31. The van der Waals surface area contributed by atoms with Crippen LogP contribution < -0.4 is 15.0 Å². The molecule has 2 bridgehead atoms. The molecule has 4 fully saturated rings. The number of alkyl halides is 1. The van der Waals surface area contributed by atoms with Crippen LogP contribution in [0.4, 0.5) is 10.2 Å². The predicted octanol–water partition coefficient (Wildman–Crippen LogP) is 4.40. The molecule has 2 aromatic rings. The molecule has 6 aliphatic rings. The fourth-order valence-corrected chi connectivity index (χ4v) is 9.14. The largest absolute Gasteiger partial charge is 0.461 e. The maximum Gasteiger partial charge on any atom is 0.318 e. The van der Waals surface area contributed by atoms with E-state index in [4.69, 9.17) is 26.3 Å². The molecular formula is C30H37ClFN5O. The second kappa shape index (κ2) is 8.77. The van der Waals surface area contributed by atoms with Gasteiger partial charge >= 0.3 is 6.01 Å². The summed E-state index contributed by atoms with van der Waals surface area (Å²) in [4.78, 5) is 15.0. The third kappa shape index (κ3) is 3.71. The topological polar surface area (TPSA) is 53.5 Å². The molecular weight excluding hydrogens is 501 g/mol. The summed E-state index contributed by atoms with van der Waals surface area (Å²) in [5.41, 5.74) is 5.08. The fraction of sp³-hybridized carbons (Fsp3) is 0.667. The molecule has 4 aliphatic heterocycles. The maximum absolute atomic E-state index is 14.4. The number of piperazine rings is 1. The molecule has 1 aromatic carbocycles. The van der Waals surface area contributed by atoms with Gasteiger partial charge in [0.2, 0.25) is 0 Å². The van der Waals surface area contributed by atoms with Crippen LogP contribution >= 0.6 is 11.6 Å². The standard InChI is InChI=1S/C30H37ClFN5O/c31-25-4-1-3-24-22(25)7-10-29(24)11-8-23-26(14-29)34-28(35-27(23)36-16-20-5-6-21(17-36)33-20)38-18-30-9-2-12-37(30)15-19(32)13-30/h1,3-4,19-21,33H,2,5-18H2/t19-,20-,21+,29-,30+/m1/s1. The van der Waals surface area contributed by atoms with Gasteiger partial charge in [-0.15, -0.1) is 0 Å². The quantitative estimate of drug-likeness (QED) is 0.624. The van der Waals surface area contributed by atoms with Gasteiger partial charge in [0.1, 0.15) is 18.6 Å². The molecule has 8 heteroatoms. The van der Waals surface area contributed by atoms with Gasteiger partial charge in [0.05, 0.1) is 11.2 Å². The molecule has 0 amide bonds. The van der Waals surface area contributed by atoms with Crippen molar-refractivity contribution in [1.29, 1.82) is 0 Å². The van der Waals surface area contributed by atoms with Gasteiger partial charge in [-0.25, -0.2) is 4.39 Å². The Hall–Kier alpha value is -1.96. The Morgan fingerprint density at radius 2 is 1.87 bits per heavy atom. The van der Waals surface area contributed by atoms with Crippen LogP contribution in [0.3, 0.4) is 0 Å². The minimum atomic E-state index is -0.760. The molecule has 38 heavy (non-hydrogen) atoms. The van der Waals surface area contributed by atoms with Crippen LogP contribution in [0.2, 0.25) is 5.02 Å². The number of benzene rings is 1. The van der Waals surface area contributed by atoms with E-state index < -0.39 is 6.17 Å². The molecule has 2 aliphatic carbocycles. The van der Waals surface area contributed by atoms with Gasteiger partial charge in [0.25, 0.3) is 0 Å². The normalized spacial score (nSPS) is 35.5. The predicted molar refractivity (Wildman–Crippen MR) is 146 cm³/mol. The minimum absolute atomic E-state index is 0.0897. The number of ether oxygens (including phenoxy) is 1. The van der Waals surface area contributed by atoms with Crippen LogP contribution in [0, 0.1) is 0 Å². The zero-order chi connectivity index (χ0) is 25.5. The number of nitrogens with zero attached hydrogens (tertiary/aromatic N) is 4. The van der Waals surface area contributed by atoms with Crippen molar-refractivity contribution in [2.24, 2.45) is 0 Å². The number of fused-ring (bicyclic) bond motifs is 6. The number of aromatic nitrogens is 2. The SMILES string of the molecule is F[C@H]1CN2CCC[C@@]2(COc2nc3c(c(N4C[C@H]5CC[C@@H](C4)N5)n2)CC[C@]2(CCc4c(Cl)cccc42)C3)C1. The van der Waals surface area contributed by atoms with Crippen molar-refractivity contribution in [3.8, 4) is 6.01 Å². The van der Waals surface area contributed by atoms with Gasteiger partial charge in [-0.2, -0.15) is 9.97 Å². The van der Waals surface area contributed by atoms with E-state index in [1.807, 2.05) is 6.07 Å². The molecule has 0 unspecified atom stereocenters. The molecule has 5 heterocycles. The van der Waals surface area contributed by atoms with Crippen molar-refractivity contribution in [3.05, 3.63) is 45.6 Å². The van der Waals surface area contributed by atoms with Gasteiger partial charge in [-0.1, -0.05) is 23.7 Å². The number of anilines is 1. The smallest absolute Gasteiger partial charge is 0.318 e. The van der Waals surface area contributed by atoms with Crippen molar-refractivity contribution in [1.82, 2.24) is 20.2 Å². The lowest BCUT2D eigenvalue weighted by molar-refractivity contribution is 0.107. The second-order valence-electron chi connectivity index (χ2n) is 12.9. The van der Waals surface area contributed by atoms with Crippen LogP contribution in [-0.4, -0.2) is 71.4 Å². The third-order valence-electron chi connectivity index (χ3n) is 10.7. The van der Waals surface area contributed by atoms with Crippen LogP contribution in [-0.2, 0) is 24.7 Å². The van der Waals surface area contributed by atoms with Gasteiger partial charge in [-0.3, -0.25) is 4.90 Å². The van der Waals surface area contributed by atoms with E-state index in [1.165, 1.54) is 29.5 Å². The van der Waals surface area contributed by atoms with E-state index in [1.54, 1.807) is 0 Å². The van der Waals surface area contributed by atoms with Crippen LogP contribution in [0.15, 0.2) is 18.2 Å². The van der Waals surface area contributed by atoms with Crippen LogP contribution in [0.25, 0.3) is 0 Å². The zero-order valence-electron chi connectivity index (χ0n) is 22.0. The number of nitrogens with one attached hydrogen (secondary N) is 1. The molecule has 202 valence electrons. The fourth-order valence-electron chi connectivity index (χ4n) is 8.87. The van der Waals surface area contributed by atoms with Gasteiger partial charge in [-0.05, 0) is 81.5 Å². The second-order valence-corrected chi connectivity index (χ2v) is 13.3. The molecule has 4 saturated heterocycles. The molecule has 0 radical (unpaired) electrons. The lowest BCUT2D eigenvalue weighted by atomic mass is 9.69. The third-order valence-corrected chi connectivity index (χ3v) is 11.1. The molecule has 8 rings (SSSR count). The van der Waals surface area contributed by atoms with Crippen molar-refractivity contribution in [3.63, 3.8) is 0 Å². The number of rotatable bonds is 4. The molecule has 1 aromatic heterocycles. The van der Waals surface area contributed by atoms with E-state index in [-0.39, 0.29) is 11.0 Å². The monoisotopic (exact) mass is 537 g/mol. The Bertz CT molecular complexity index is 1260. The average Bonchev–Trinajstić information content (AvgIpc) is 3.64. The Morgan fingerprint density at radius 3 is 2.71 bits per heavy atom. The Balaban J connectivity index is 1.15. The highest BCUT2D eigenvalue weighted by atomic mass is 35.5. The number of halogens is 2. The summed E-state index contributed by atoms with van der Waals surface area (Å²) in [6, 6.07) is 7.97. The summed E-state index contributed by atoms with van der Waals surface area (Å²) >= 11 is 6.63. The van der Waals surface area contributed by atoms with E-state index in [2.05, 4.69) is 27.2 Å². The van der Waals surface area contributed by atoms with Crippen molar-refractivity contribution < 1.29 is 9.13 Å². The molecule has 1 spiro atoms. The van der Waals surface area contributed by atoms with Gasteiger partial charge in [0.15, 0.2) is 0 Å². The molecule has 0 saturated carbocycles. The summed E-state index contributed by atoms with van der Waals surface area (Å²) in [7, 11) is 0. The van der Waals surface area contributed by atoms with Crippen LogP contribution in [0.1, 0.15) is 67.3 Å². The van der Waals surface area contributed by atoms with E-state index in [9.17, 15) is 4.39 Å². The van der Waals surface area contributed by atoms with E-state index >= 15 is 0 Å². The lowest BCUT2D eigenvalue weighted by Crippen LogP contribution is -2.52. The average molecular weight is 538 g/mol. The highest BCUT2D eigenvalue weighted by Gasteiger charge is 2.50. The first kappa shape index (κ1) is 23.9. The summed E-state index contributed by atoms with van der Waals surface area (Å²) in [5, 5.41) is 4.66. The Morgan fingerprint density at radius 1 is 1.05 bits per heavy atom. The molecule has 6 nitrogen and oxygen atoms in total. The van der Waals surface area contributed by atoms with Crippen molar-refractivity contribution in [2.45, 2.75) is 93.4 Å². The Labute approximate surface area is 229 Å². The van der Waals surface area contributed by atoms with E-state index in [0.29, 0.717) is 37.7 Å². The Kier molecular flexibility index (Phi) is 5.51. The van der Waals surface area contributed by atoms with Crippen molar-refractivity contribution in [2.75, 3.05) is 37.7 Å². The zero-order valence-corrected chi connectivity index (χ0v) is 22.8. The maximum atomic E-state index is 14.4. The molecule has 5 atom stereocenters. The summed E-state index contributed by atoms with van der Waals surface area (Å²) in [6.45, 7) is 3.96. The summed E-state index contributed by atoms with van der Waals surface area (Å²) in [5.74, 6) is 1.08. The van der Waals surface area contributed by atoms with Crippen LogP contribution in [0.5, 0.6) is 6.01 Å². The first-order valence-corrected chi connectivity index (χ1v) is 15.1. The van der Waals surface area contributed by atoms with Crippen molar-refractivity contribution >= 4 is 17.4 Å². The number of hydrogen-bond acceptors (Lipinski definition) is 6. The summed E-state index contributed by atoms with van der Waals surface area (Å²) in [6.07, 6.45) is 9.54. The number of hydrogen-bond donors (Lipinski definition) is 1. The highest BCUT2D eigenvalue weighted by Crippen LogP contribution is 2.50. The van der Waals surface area contributed by atoms with E-state index in [0.717, 1.165) is 81.1 Å². The minimum Gasteiger partial charge on any atom is -0.461 e. The first-order chi connectivity index (χ1) is 18.5. The molecule has 1 N–H and O–H groups in total. The lowest BCUT2D eigenvalue weighted by Gasteiger charge is -2.39. The summed E-state index contributed by atoms with van der Waals surface area (Å²) < 4.78 is 20.9. The van der Waals surface area contributed by atoms with Gasteiger partial charge in [0, 0.05) is 54.1 Å². The first-order valence-electron chi connectivity index (χ1n) is 14.7. The van der Waals surface area contributed by atoms with Gasteiger partial charge < -0.3 is 15.0 Å².